The van der Waals surface area contributed by atoms with Crippen LogP contribution in [0.25, 0.3) is 0 Å². The summed E-state index contributed by atoms with van der Waals surface area (Å²) in [6, 6.07) is 5.66. The molecule has 2 aliphatic heterocycles. The van der Waals surface area contributed by atoms with Crippen LogP contribution >= 0.6 is 24.8 Å². The van der Waals surface area contributed by atoms with Crippen LogP contribution in [0.5, 0.6) is 11.5 Å². The van der Waals surface area contributed by atoms with E-state index in [0.717, 1.165) is 43.2 Å². The SMILES string of the molecule is COc1cc(OC)cc(N2CCC(CNC(=O)[C@H]3NCCO[C@@H]3C)C2)c1.Cl.Cl. The maximum absolute atomic E-state index is 12.4. The molecule has 0 bridgehead atoms. The molecule has 28 heavy (non-hydrogen) atoms. The summed E-state index contributed by atoms with van der Waals surface area (Å²) in [6.45, 7) is 5.86. The molecule has 3 atom stereocenters. The predicted octanol–water partition coefficient (Wildman–Crippen LogP) is 1.87. The number of hydrogen-bond acceptors (Lipinski definition) is 6. The van der Waals surface area contributed by atoms with Crippen molar-refractivity contribution in [3.63, 3.8) is 0 Å². The Balaban J connectivity index is 0.00000196. The number of hydrogen-bond donors (Lipinski definition) is 2. The van der Waals surface area contributed by atoms with Gasteiger partial charge in [0.15, 0.2) is 0 Å². The van der Waals surface area contributed by atoms with Gasteiger partial charge in [0.25, 0.3) is 0 Å². The van der Waals surface area contributed by atoms with E-state index in [1.54, 1.807) is 14.2 Å². The van der Waals surface area contributed by atoms with E-state index in [2.05, 4.69) is 15.5 Å². The number of morpholine rings is 1. The van der Waals surface area contributed by atoms with Crippen LogP contribution in [0.15, 0.2) is 18.2 Å². The van der Waals surface area contributed by atoms with E-state index < -0.39 is 0 Å². The first-order valence-electron chi connectivity index (χ1n) is 9.21. The molecule has 2 N–H and O–H groups in total. The Labute approximate surface area is 179 Å². The van der Waals surface area contributed by atoms with Crippen molar-refractivity contribution in [2.75, 3.05) is 51.9 Å². The van der Waals surface area contributed by atoms with Crippen LogP contribution in [-0.4, -0.2) is 65.1 Å². The van der Waals surface area contributed by atoms with E-state index >= 15 is 0 Å². The van der Waals surface area contributed by atoms with E-state index in [4.69, 9.17) is 14.2 Å². The highest BCUT2D eigenvalue weighted by Crippen LogP contribution is 2.31. The second-order valence-corrected chi connectivity index (χ2v) is 6.92. The van der Waals surface area contributed by atoms with Crippen LogP contribution in [-0.2, 0) is 9.53 Å². The number of rotatable bonds is 6. The van der Waals surface area contributed by atoms with Crippen LogP contribution in [0.4, 0.5) is 5.69 Å². The summed E-state index contributed by atoms with van der Waals surface area (Å²) in [5.41, 5.74) is 1.09. The van der Waals surface area contributed by atoms with Crippen molar-refractivity contribution >= 4 is 36.4 Å². The average Bonchev–Trinajstić information content (AvgIpc) is 3.15. The molecule has 7 nitrogen and oxygen atoms in total. The second-order valence-electron chi connectivity index (χ2n) is 6.92. The molecule has 2 heterocycles. The minimum absolute atomic E-state index is 0. The van der Waals surface area contributed by atoms with Gasteiger partial charge in [-0.25, -0.2) is 0 Å². The Bertz CT molecular complexity index is 613. The lowest BCUT2D eigenvalue weighted by atomic mass is 10.1. The number of benzene rings is 1. The normalized spacial score (nSPS) is 24.0. The summed E-state index contributed by atoms with van der Waals surface area (Å²) in [5.74, 6) is 2.02. The average molecular weight is 436 g/mol. The molecule has 1 amide bonds. The summed E-state index contributed by atoms with van der Waals surface area (Å²) in [7, 11) is 3.32. The predicted molar refractivity (Wildman–Crippen MR) is 115 cm³/mol. The second kappa shape index (κ2) is 11.6. The fraction of sp³-hybridized carbons (Fsp3) is 0.632. The Morgan fingerprint density at radius 2 is 1.93 bits per heavy atom. The lowest BCUT2D eigenvalue weighted by molar-refractivity contribution is -0.129. The quantitative estimate of drug-likeness (QED) is 0.710. The van der Waals surface area contributed by atoms with Gasteiger partial charge < -0.3 is 29.7 Å². The van der Waals surface area contributed by atoms with E-state index in [9.17, 15) is 4.79 Å². The van der Waals surface area contributed by atoms with Gasteiger partial charge in [0.05, 0.1) is 26.9 Å². The highest BCUT2D eigenvalue weighted by atomic mass is 35.5. The topological polar surface area (TPSA) is 72.1 Å². The molecule has 2 fully saturated rings. The standard InChI is InChI=1S/C19H29N3O4.2ClH/c1-13-18(20-5-7-26-13)19(23)21-11-14-4-6-22(12-14)15-8-16(24-2)10-17(9-15)25-3;;/h8-10,13-14,18,20H,4-7,11-12H2,1-3H3,(H,21,23);2*1H/t13-,14?,18+;;/m1../s1. The number of methoxy groups -OCH3 is 2. The molecule has 2 aliphatic rings. The lowest BCUT2D eigenvalue weighted by Gasteiger charge is -2.29. The molecule has 3 rings (SSSR count). The van der Waals surface area contributed by atoms with Crippen molar-refractivity contribution in [2.24, 2.45) is 5.92 Å². The van der Waals surface area contributed by atoms with Gasteiger partial charge in [0.1, 0.15) is 17.5 Å². The number of anilines is 1. The van der Waals surface area contributed by atoms with Crippen LogP contribution in [0.3, 0.4) is 0 Å². The summed E-state index contributed by atoms with van der Waals surface area (Å²) < 4.78 is 16.3. The van der Waals surface area contributed by atoms with Crippen molar-refractivity contribution in [1.29, 1.82) is 0 Å². The molecule has 0 saturated carbocycles. The molecule has 1 aromatic carbocycles. The van der Waals surface area contributed by atoms with Crippen molar-refractivity contribution < 1.29 is 19.0 Å². The lowest BCUT2D eigenvalue weighted by Crippen LogP contribution is -2.56. The van der Waals surface area contributed by atoms with Gasteiger partial charge in [-0.15, -0.1) is 24.8 Å². The third-order valence-electron chi connectivity index (χ3n) is 5.15. The van der Waals surface area contributed by atoms with Gasteiger partial charge in [0.2, 0.25) is 5.91 Å². The summed E-state index contributed by atoms with van der Waals surface area (Å²) in [5, 5.41) is 6.31. The summed E-state index contributed by atoms with van der Waals surface area (Å²) in [4.78, 5) is 14.7. The number of nitrogens with one attached hydrogen (secondary N) is 2. The zero-order chi connectivity index (χ0) is 18.5. The molecule has 0 aliphatic carbocycles. The van der Waals surface area contributed by atoms with Gasteiger partial charge in [-0.2, -0.15) is 0 Å². The number of halogens is 2. The highest BCUT2D eigenvalue weighted by molar-refractivity contribution is 5.85. The molecule has 0 radical (unpaired) electrons. The minimum atomic E-state index is -0.260. The molecular weight excluding hydrogens is 405 g/mol. The maximum Gasteiger partial charge on any atom is 0.239 e. The first-order chi connectivity index (χ1) is 12.6. The Kier molecular flexibility index (Phi) is 10.2. The van der Waals surface area contributed by atoms with Gasteiger partial charge in [0, 0.05) is 50.1 Å². The first-order valence-corrected chi connectivity index (χ1v) is 9.21. The van der Waals surface area contributed by atoms with E-state index in [1.165, 1.54) is 0 Å². The molecule has 2 saturated heterocycles. The fourth-order valence-electron chi connectivity index (χ4n) is 3.59. The zero-order valence-corrected chi connectivity index (χ0v) is 18.2. The Morgan fingerprint density at radius 3 is 2.54 bits per heavy atom. The van der Waals surface area contributed by atoms with Gasteiger partial charge in [-0.3, -0.25) is 4.79 Å². The monoisotopic (exact) mass is 435 g/mol. The minimum Gasteiger partial charge on any atom is -0.497 e. The molecule has 0 spiro atoms. The molecule has 160 valence electrons. The molecule has 9 heteroatoms. The largest absolute Gasteiger partial charge is 0.497 e. The van der Waals surface area contributed by atoms with E-state index in [-0.39, 0.29) is 42.9 Å². The van der Waals surface area contributed by atoms with Crippen molar-refractivity contribution in [1.82, 2.24) is 10.6 Å². The van der Waals surface area contributed by atoms with Crippen molar-refractivity contribution in [3.05, 3.63) is 18.2 Å². The number of nitrogens with zero attached hydrogens (tertiary/aromatic N) is 1. The molecular formula is C19H31Cl2N3O4. The zero-order valence-electron chi connectivity index (χ0n) is 16.6. The summed E-state index contributed by atoms with van der Waals surface area (Å²) in [6.07, 6.45) is 0.956. The highest BCUT2D eigenvalue weighted by Gasteiger charge is 2.30. The van der Waals surface area contributed by atoms with Crippen LogP contribution in [0.2, 0.25) is 0 Å². The molecule has 1 aromatic rings. The van der Waals surface area contributed by atoms with E-state index in [1.807, 2.05) is 25.1 Å². The third-order valence-corrected chi connectivity index (χ3v) is 5.15. The van der Waals surface area contributed by atoms with E-state index in [0.29, 0.717) is 19.1 Å². The van der Waals surface area contributed by atoms with Gasteiger partial charge in [-0.05, 0) is 19.3 Å². The maximum atomic E-state index is 12.4. The molecule has 1 unspecified atom stereocenters. The van der Waals surface area contributed by atoms with Gasteiger partial charge >= 0.3 is 0 Å². The van der Waals surface area contributed by atoms with Crippen molar-refractivity contribution in [3.8, 4) is 11.5 Å². The fourth-order valence-corrected chi connectivity index (χ4v) is 3.59. The van der Waals surface area contributed by atoms with Crippen molar-refractivity contribution in [2.45, 2.75) is 25.5 Å². The van der Waals surface area contributed by atoms with Crippen LogP contribution < -0.4 is 25.0 Å². The first kappa shape index (κ1) is 24.6. The smallest absolute Gasteiger partial charge is 0.239 e. The Morgan fingerprint density at radius 1 is 1.25 bits per heavy atom. The third kappa shape index (κ3) is 6.04. The Hall–Kier alpha value is -1.41. The number of ether oxygens (including phenoxy) is 3. The van der Waals surface area contributed by atoms with Crippen LogP contribution in [0.1, 0.15) is 13.3 Å². The number of carbonyl (C=O) groups is 1. The molecule has 0 aromatic heterocycles. The van der Waals surface area contributed by atoms with Crippen LogP contribution in [0, 0.1) is 5.92 Å². The number of amides is 1. The van der Waals surface area contributed by atoms with Gasteiger partial charge in [-0.1, -0.05) is 0 Å². The number of carbonyl (C=O) groups excluding carboxylic acids is 1. The summed E-state index contributed by atoms with van der Waals surface area (Å²) >= 11 is 0.